The van der Waals surface area contributed by atoms with Gasteiger partial charge in [0.15, 0.2) is 12.0 Å². The van der Waals surface area contributed by atoms with Gasteiger partial charge in [-0.2, -0.15) is 0 Å². The minimum Gasteiger partial charge on any atom is -0.491 e. The fraction of sp³-hybridized carbons (Fsp3) is 0.500. The number of aliphatic hydroxyl groups is 1. The summed E-state index contributed by atoms with van der Waals surface area (Å²) in [6.07, 6.45) is 1.07. The molecule has 0 amide bonds. The Morgan fingerprint density at radius 3 is 2.89 bits per heavy atom. The minimum absolute atomic E-state index is 0.0755. The largest absolute Gasteiger partial charge is 0.491 e. The van der Waals surface area contributed by atoms with Crippen molar-refractivity contribution in [3.63, 3.8) is 0 Å². The highest BCUT2D eigenvalue weighted by atomic mass is 16.5. The summed E-state index contributed by atoms with van der Waals surface area (Å²) >= 11 is 0. The molecule has 3 nitrogen and oxygen atoms in total. The fourth-order valence-electron chi connectivity index (χ4n) is 0.302. The van der Waals surface area contributed by atoms with Crippen LogP contribution in [0.5, 0.6) is 0 Å². The smallest absolute Gasteiger partial charge is 0.184 e. The summed E-state index contributed by atoms with van der Waals surface area (Å²) in [4.78, 5) is 9.81. The van der Waals surface area contributed by atoms with Gasteiger partial charge in [-0.25, -0.2) is 0 Å². The average molecular weight is 130 g/mol. The van der Waals surface area contributed by atoms with Crippen LogP contribution in [0.1, 0.15) is 6.42 Å². The number of aliphatic hydroxyl groups excluding tert-OH is 1. The Morgan fingerprint density at radius 1 is 1.78 bits per heavy atom. The highest BCUT2D eigenvalue weighted by Gasteiger charge is 1.88. The van der Waals surface area contributed by atoms with Crippen molar-refractivity contribution in [2.45, 2.75) is 6.42 Å². The number of ether oxygens (including phenoxy) is 1. The van der Waals surface area contributed by atoms with Crippen molar-refractivity contribution < 1.29 is 14.6 Å². The second-order valence-corrected chi connectivity index (χ2v) is 1.51. The number of aldehydes is 1. The molecule has 0 saturated heterocycles. The normalized spacial score (nSPS) is 8.56. The highest BCUT2D eigenvalue weighted by molar-refractivity contribution is 5.68. The van der Waals surface area contributed by atoms with Gasteiger partial charge in [-0.15, -0.1) is 0 Å². The van der Waals surface area contributed by atoms with Gasteiger partial charge in [0, 0.05) is 13.0 Å². The van der Waals surface area contributed by atoms with Gasteiger partial charge in [0.25, 0.3) is 0 Å². The first-order chi connectivity index (χ1) is 4.31. The molecular formula is C6H10O3. The molecule has 3 heteroatoms. The Hall–Kier alpha value is -0.830. The van der Waals surface area contributed by atoms with Crippen LogP contribution in [0.3, 0.4) is 0 Å². The Morgan fingerprint density at radius 2 is 2.44 bits per heavy atom. The monoisotopic (exact) mass is 130 g/mol. The second kappa shape index (κ2) is 5.31. The van der Waals surface area contributed by atoms with Crippen molar-refractivity contribution in [2.24, 2.45) is 0 Å². The molecule has 0 atom stereocenters. The lowest BCUT2D eigenvalue weighted by atomic mass is 10.5. The van der Waals surface area contributed by atoms with Crippen molar-refractivity contribution in [1.29, 1.82) is 0 Å². The maximum absolute atomic E-state index is 9.81. The number of allylic oxidation sites excluding steroid dienone is 1. The lowest BCUT2D eigenvalue weighted by molar-refractivity contribution is -0.107. The van der Waals surface area contributed by atoms with Gasteiger partial charge in [-0.1, -0.05) is 6.58 Å². The first kappa shape index (κ1) is 8.17. The third-order valence-electron chi connectivity index (χ3n) is 0.721. The summed E-state index contributed by atoms with van der Waals surface area (Å²) in [5, 5.41) is 8.25. The zero-order chi connectivity index (χ0) is 7.11. The highest BCUT2D eigenvalue weighted by Crippen LogP contribution is 1.88. The van der Waals surface area contributed by atoms with E-state index in [9.17, 15) is 4.79 Å². The molecule has 0 aliphatic carbocycles. The van der Waals surface area contributed by atoms with E-state index in [-0.39, 0.29) is 12.4 Å². The number of hydrogen-bond donors (Lipinski definition) is 1. The lowest BCUT2D eigenvalue weighted by Gasteiger charge is -1.99. The van der Waals surface area contributed by atoms with Crippen LogP contribution >= 0.6 is 0 Å². The Bertz CT molecular complexity index is 98.5. The Kier molecular flexibility index (Phi) is 4.82. The van der Waals surface area contributed by atoms with Crippen molar-refractivity contribution in [1.82, 2.24) is 0 Å². The van der Waals surface area contributed by atoms with Gasteiger partial charge >= 0.3 is 0 Å². The number of carbonyl (C=O) groups excluding carboxylic acids is 1. The van der Waals surface area contributed by atoms with Crippen LogP contribution in [-0.4, -0.2) is 24.6 Å². The minimum atomic E-state index is 0.0755. The van der Waals surface area contributed by atoms with Crippen LogP contribution in [0.4, 0.5) is 0 Å². The van der Waals surface area contributed by atoms with Crippen LogP contribution in [0.25, 0.3) is 0 Å². The molecule has 0 bridgehead atoms. The summed E-state index contributed by atoms with van der Waals surface area (Å²) < 4.78 is 4.71. The molecule has 0 spiro atoms. The predicted molar refractivity (Wildman–Crippen MR) is 32.9 cm³/mol. The maximum Gasteiger partial charge on any atom is 0.184 e. The van der Waals surface area contributed by atoms with Gasteiger partial charge in [-0.3, -0.25) is 4.79 Å². The second-order valence-electron chi connectivity index (χ2n) is 1.51. The molecule has 1 N–H and O–H groups in total. The third kappa shape index (κ3) is 5.03. The predicted octanol–water partition coefficient (Wildman–Crippen LogP) is 0.0980. The first-order valence-corrected chi connectivity index (χ1v) is 2.69. The average Bonchev–Trinajstić information content (AvgIpc) is 1.89. The van der Waals surface area contributed by atoms with Gasteiger partial charge in [-0.05, 0) is 0 Å². The standard InChI is InChI=1S/C6H10O3/c1-6(5-8)9-4-2-3-7/h5,7H,1-4H2. The molecule has 0 heterocycles. The van der Waals surface area contributed by atoms with E-state index in [2.05, 4.69) is 6.58 Å². The van der Waals surface area contributed by atoms with E-state index in [0.717, 1.165) is 0 Å². The Labute approximate surface area is 53.9 Å². The molecule has 0 rings (SSSR count). The molecule has 0 aromatic carbocycles. The number of rotatable bonds is 5. The summed E-state index contributed by atoms with van der Waals surface area (Å²) in [5.74, 6) is 0.114. The lowest BCUT2D eigenvalue weighted by Crippen LogP contribution is -1.96. The number of hydrogen-bond acceptors (Lipinski definition) is 3. The molecule has 9 heavy (non-hydrogen) atoms. The number of carbonyl (C=O) groups is 1. The van der Waals surface area contributed by atoms with Crippen molar-refractivity contribution in [2.75, 3.05) is 13.2 Å². The SMILES string of the molecule is C=C(C=O)OCCCO. The van der Waals surface area contributed by atoms with Crippen LogP contribution in [-0.2, 0) is 9.53 Å². The molecule has 0 aromatic heterocycles. The molecule has 0 aliphatic heterocycles. The van der Waals surface area contributed by atoms with E-state index in [1.54, 1.807) is 0 Å². The summed E-state index contributed by atoms with van der Waals surface area (Å²) in [6.45, 7) is 3.70. The molecule has 0 aliphatic rings. The van der Waals surface area contributed by atoms with Crippen molar-refractivity contribution >= 4 is 6.29 Å². The van der Waals surface area contributed by atoms with Crippen molar-refractivity contribution in [3.05, 3.63) is 12.3 Å². The van der Waals surface area contributed by atoms with Crippen LogP contribution < -0.4 is 0 Å². The quantitative estimate of drug-likeness (QED) is 0.248. The third-order valence-corrected chi connectivity index (χ3v) is 0.721. The van der Waals surface area contributed by atoms with Crippen LogP contribution in [0, 0.1) is 0 Å². The Balaban J connectivity index is 3.07. The summed E-state index contributed by atoms with van der Waals surface area (Å²) in [5.41, 5.74) is 0. The molecule has 0 radical (unpaired) electrons. The van der Waals surface area contributed by atoms with E-state index in [1.165, 1.54) is 0 Å². The molecule has 0 fully saturated rings. The molecule has 52 valence electrons. The maximum atomic E-state index is 9.81. The molecule has 0 saturated carbocycles. The molecule has 0 aromatic rings. The van der Waals surface area contributed by atoms with Gasteiger partial charge in [0.2, 0.25) is 0 Å². The van der Waals surface area contributed by atoms with E-state index < -0.39 is 0 Å². The van der Waals surface area contributed by atoms with Crippen LogP contribution in [0.2, 0.25) is 0 Å². The van der Waals surface area contributed by atoms with Gasteiger partial charge < -0.3 is 9.84 Å². The molecular weight excluding hydrogens is 120 g/mol. The first-order valence-electron chi connectivity index (χ1n) is 2.69. The zero-order valence-corrected chi connectivity index (χ0v) is 5.17. The summed E-state index contributed by atoms with van der Waals surface area (Å²) in [6, 6.07) is 0. The van der Waals surface area contributed by atoms with Gasteiger partial charge in [0.1, 0.15) is 0 Å². The zero-order valence-electron chi connectivity index (χ0n) is 5.17. The van der Waals surface area contributed by atoms with E-state index >= 15 is 0 Å². The van der Waals surface area contributed by atoms with Crippen molar-refractivity contribution in [3.8, 4) is 0 Å². The van der Waals surface area contributed by atoms with Crippen LogP contribution in [0.15, 0.2) is 12.3 Å². The molecule has 0 unspecified atom stereocenters. The topological polar surface area (TPSA) is 46.5 Å². The fourth-order valence-corrected chi connectivity index (χ4v) is 0.302. The van der Waals surface area contributed by atoms with Gasteiger partial charge in [0.05, 0.1) is 6.61 Å². The van der Waals surface area contributed by atoms with E-state index in [0.29, 0.717) is 19.3 Å². The van der Waals surface area contributed by atoms with E-state index in [1.807, 2.05) is 0 Å². The van der Waals surface area contributed by atoms with E-state index in [4.69, 9.17) is 9.84 Å². The summed E-state index contributed by atoms with van der Waals surface area (Å²) in [7, 11) is 0.